The molecule has 2 aliphatic rings. The van der Waals surface area contributed by atoms with E-state index in [-0.39, 0.29) is 0 Å². The van der Waals surface area contributed by atoms with Crippen molar-refractivity contribution in [1.82, 2.24) is 0 Å². The number of fused-ring (bicyclic) bond motifs is 2. The average Bonchev–Trinajstić information content (AvgIpc) is 2.98. The fourth-order valence-corrected chi connectivity index (χ4v) is 9.86. The Morgan fingerprint density at radius 2 is 0.793 bits per heavy atom. The molecule has 0 radical (unpaired) electrons. The predicted molar refractivity (Wildman–Crippen MR) is 136 cm³/mol. The summed E-state index contributed by atoms with van der Waals surface area (Å²) in [6.07, 6.45) is 38.1. The van der Waals surface area contributed by atoms with Crippen LogP contribution in [0.2, 0.25) is 0 Å². The SMILES string of the molecule is CCCCCCCCCCCCCCCCCCCCP1C2CCCCC1CC2. The third kappa shape index (κ3) is 12.1. The Morgan fingerprint density at radius 1 is 0.448 bits per heavy atom. The van der Waals surface area contributed by atoms with Crippen molar-refractivity contribution in [3.05, 3.63) is 0 Å². The minimum absolute atomic E-state index is 0.446. The molecular formula is C28H55P. The van der Waals surface area contributed by atoms with Crippen molar-refractivity contribution in [2.75, 3.05) is 6.16 Å². The highest BCUT2D eigenvalue weighted by atomic mass is 31.1. The fraction of sp³-hybridized carbons (Fsp3) is 1.00. The molecule has 0 N–H and O–H groups in total. The molecule has 2 atom stereocenters. The molecule has 2 saturated heterocycles. The number of hydrogen-bond donors (Lipinski definition) is 0. The first-order valence-electron chi connectivity index (χ1n) is 14.2. The van der Waals surface area contributed by atoms with Crippen LogP contribution in [0, 0.1) is 0 Å². The van der Waals surface area contributed by atoms with Crippen LogP contribution in [0.4, 0.5) is 0 Å². The van der Waals surface area contributed by atoms with Crippen molar-refractivity contribution < 1.29 is 0 Å². The zero-order valence-electron chi connectivity index (χ0n) is 20.3. The summed E-state index contributed by atoms with van der Waals surface area (Å²) in [4.78, 5) is 0. The molecular weight excluding hydrogens is 367 g/mol. The topological polar surface area (TPSA) is 0 Å². The first-order chi connectivity index (χ1) is 14.4. The maximum atomic E-state index is 2.31. The van der Waals surface area contributed by atoms with Gasteiger partial charge in [-0.05, 0) is 49.6 Å². The Kier molecular flexibility index (Phi) is 16.0. The zero-order chi connectivity index (χ0) is 20.4. The van der Waals surface area contributed by atoms with Gasteiger partial charge in [0.25, 0.3) is 0 Å². The van der Waals surface area contributed by atoms with Gasteiger partial charge in [-0.25, -0.2) is 0 Å². The van der Waals surface area contributed by atoms with Crippen molar-refractivity contribution in [2.24, 2.45) is 0 Å². The molecule has 2 aliphatic heterocycles. The Balaban J connectivity index is 1.26. The summed E-state index contributed by atoms with van der Waals surface area (Å²) < 4.78 is 0. The molecule has 2 bridgehead atoms. The van der Waals surface area contributed by atoms with Crippen molar-refractivity contribution in [1.29, 1.82) is 0 Å². The smallest absolute Gasteiger partial charge is 0.0206 e. The number of hydrogen-bond acceptors (Lipinski definition) is 0. The second-order valence-corrected chi connectivity index (χ2v) is 13.4. The van der Waals surface area contributed by atoms with Gasteiger partial charge in [-0.3, -0.25) is 0 Å². The van der Waals surface area contributed by atoms with Gasteiger partial charge in [0.2, 0.25) is 0 Å². The van der Waals surface area contributed by atoms with Crippen LogP contribution in [-0.2, 0) is 0 Å². The van der Waals surface area contributed by atoms with Crippen LogP contribution >= 0.6 is 7.92 Å². The molecule has 0 spiro atoms. The van der Waals surface area contributed by atoms with Gasteiger partial charge in [0.1, 0.15) is 0 Å². The molecule has 0 aliphatic carbocycles. The summed E-state index contributed by atoms with van der Waals surface area (Å²) in [5, 5.41) is 0. The van der Waals surface area contributed by atoms with Crippen LogP contribution in [0.25, 0.3) is 0 Å². The van der Waals surface area contributed by atoms with E-state index in [9.17, 15) is 0 Å². The molecule has 2 rings (SSSR count). The molecule has 2 fully saturated rings. The van der Waals surface area contributed by atoms with Crippen LogP contribution in [0.3, 0.4) is 0 Å². The highest BCUT2D eigenvalue weighted by molar-refractivity contribution is 7.59. The van der Waals surface area contributed by atoms with Crippen LogP contribution in [0.1, 0.15) is 161 Å². The maximum Gasteiger partial charge on any atom is -0.0206 e. The van der Waals surface area contributed by atoms with Crippen LogP contribution in [-0.4, -0.2) is 17.5 Å². The van der Waals surface area contributed by atoms with Crippen LogP contribution < -0.4 is 0 Å². The molecule has 2 heterocycles. The van der Waals surface area contributed by atoms with Gasteiger partial charge < -0.3 is 0 Å². The van der Waals surface area contributed by atoms with E-state index in [0.29, 0.717) is 7.92 Å². The average molecular weight is 423 g/mol. The Labute approximate surface area is 186 Å². The molecule has 0 aromatic carbocycles. The highest BCUT2D eigenvalue weighted by Gasteiger charge is 2.35. The summed E-state index contributed by atoms with van der Waals surface area (Å²) in [5.74, 6) is 0. The monoisotopic (exact) mass is 422 g/mol. The van der Waals surface area contributed by atoms with Crippen molar-refractivity contribution in [2.45, 2.75) is 172 Å². The standard InChI is InChI=1S/C28H55P/c1-2-3-4-5-6-7-8-9-10-11-12-13-14-15-16-17-18-21-26-29-27-22-19-20-23-28(29)25-24-27/h27-28H,2-26H2,1H3. The molecule has 0 aromatic rings. The summed E-state index contributed by atoms with van der Waals surface area (Å²) in [6.45, 7) is 2.31. The van der Waals surface area contributed by atoms with Gasteiger partial charge >= 0.3 is 0 Å². The normalized spacial score (nSPS) is 24.1. The van der Waals surface area contributed by atoms with E-state index in [4.69, 9.17) is 0 Å². The Hall–Kier alpha value is 0.430. The minimum Gasteiger partial charge on any atom is -0.100 e. The van der Waals surface area contributed by atoms with Gasteiger partial charge in [0, 0.05) is 0 Å². The third-order valence-corrected chi connectivity index (χ3v) is 11.6. The van der Waals surface area contributed by atoms with Crippen molar-refractivity contribution in [3.8, 4) is 0 Å². The van der Waals surface area contributed by atoms with Crippen LogP contribution in [0.15, 0.2) is 0 Å². The first-order valence-corrected chi connectivity index (χ1v) is 15.8. The first kappa shape index (κ1) is 25.7. The Bertz CT molecular complexity index is 338. The van der Waals surface area contributed by atoms with E-state index in [1.54, 1.807) is 51.1 Å². The van der Waals surface area contributed by atoms with E-state index in [1.807, 2.05) is 0 Å². The van der Waals surface area contributed by atoms with Gasteiger partial charge in [-0.1, -0.05) is 129 Å². The third-order valence-electron chi connectivity index (χ3n) is 7.87. The predicted octanol–water partition coefficient (Wildman–Crippen LogP) is 10.6. The second kappa shape index (κ2) is 18.0. The lowest BCUT2D eigenvalue weighted by atomic mass is 10.0. The highest BCUT2D eigenvalue weighted by Crippen LogP contribution is 2.60. The van der Waals surface area contributed by atoms with E-state index in [2.05, 4.69) is 6.92 Å². The van der Waals surface area contributed by atoms with Gasteiger partial charge in [0.15, 0.2) is 0 Å². The van der Waals surface area contributed by atoms with Gasteiger partial charge in [-0.15, -0.1) is 7.92 Å². The molecule has 172 valence electrons. The van der Waals surface area contributed by atoms with Crippen molar-refractivity contribution >= 4 is 7.92 Å². The lowest BCUT2D eigenvalue weighted by Crippen LogP contribution is -2.03. The summed E-state index contributed by atoms with van der Waals surface area (Å²) in [6, 6.07) is 0. The number of unbranched alkanes of at least 4 members (excludes halogenated alkanes) is 17. The second-order valence-electron chi connectivity index (χ2n) is 10.4. The fourth-order valence-electron chi connectivity index (χ4n) is 5.96. The van der Waals surface area contributed by atoms with Gasteiger partial charge in [0.05, 0.1) is 0 Å². The minimum atomic E-state index is 0.446. The zero-order valence-corrected chi connectivity index (χ0v) is 21.2. The summed E-state index contributed by atoms with van der Waals surface area (Å²) in [5.41, 5.74) is 2.39. The molecule has 1 heteroatoms. The van der Waals surface area contributed by atoms with Crippen LogP contribution in [0.5, 0.6) is 0 Å². The lowest BCUT2D eigenvalue weighted by Gasteiger charge is -2.23. The Morgan fingerprint density at radius 3 is 1.17 bits per heavy atom. The quantitative estimate of drug-likeness (QED) is 0.143. The van der Waals surface area contributed by atoms with Gasteiger partial charge in [-0.2, -0.15) is 0 Å². The molecule has 29 heavy (non-hydrogen) atoms. The van der Waals surface area contributed by atoms with E-state index < -0.39 is 0 Å². The molecule has 0 nitrogen and oxygen atoms in total. The van der Waals surface area contributed by atoms with E-state index in [1.165, 1.54) is 120 Å². The van der Waals surface area contributed by atoms with E-state index in [0.717, 1.165) is 0 Å². The summed E-state index contributed by atoms with van der Waals surface area (Å²) in [7, 11) is 0.446. The molecule has 0 aromatic heterocycles. The van der Waals surface area contributed by atoms with E-state index >= 15 is 0 Å². The lowest BCUT2D eigenvalue weighted by molar-refractivity contribution is 0.526. The maximum absolute atomic E-state index is 2.31. The summed E-state index contributed by atoms with van der Waals surface area (Å²) >= 11 is 0. The largest absolute Gasteiger partial charge is 0.100 e. The van der Waals surface area contributed by atoms with Crippen molar-refractivity contribution in [3.63, 3.8) is 0 Å². The molecule has 2 unspecified atom stereocenters. The molecule has 0 saturated carbocycles. The number of rotatable bonds is 19. The molecule has 0 amide bonds.